The third-order valence-corrected chi connectivity index (χ3v) is 13.9. The molecule has 4 bridgehead atoms. The van der Waals surface area contributed by atoms with Gasteiger partial charge in [-0.2, -0.15) is 0 Å². The molecule has 3 heteroatoms. The van der Waals surface area contributed by atoms with Gasteiger partial charge in [-0.05, 0) is 96.5 Å². The second-order valence-corrected chi connectivity index (χ2v) is 19.9. The average molecular weight is 713 g/mol. The van der Waals surface area contributed by atoms with Crippen molar-refractivity contribution in [3.8, 4) is 28.1 Å². The second kappa shape index (κ2) is 10.3. The highest BCUT2D eigenvalue weighted by molar-refractivity contribution is 7.00. The van der Waals surface area contributed by atoms with Gasteiger partial charge >= 0.3 is 0 Å². The molecule has 5 aliphatic rings. The molecular weight excluding hydrogens is 663 g/mol. The van der Waals surface area contributed by atoms with Crippen LogP contribution >= 0.6 is 0 Å². The lowest BCUT2D eigenvalue weighted by Gasteiger charge is -2.43. The molecule has 0 amide bonds. The predicted octanol–water partition coefficient (Wildman–Crippen LogP) is 11.5. The topological polar surface area (TPSA) is 8.17 Å². The Morgan fingerprint density at radius 2 is 1.22 bits per heavy atom. The minimum absolute atomic E-state index is 0.00554. The van der Waals surface area contributed by atoms with E-state index in [0.29, 0.717) is 0 Å². The number of hydrogen-bond acceptors (Lipinski definition) is 1. The lowest BCUT2D eigenvalue weighted by molar-refractivity contribution is 0.590. The largest absolute Gasteiger partial charge is 0.311 e. The molecule has 0 radical (unpaired) electrons. The Kier molecular flexibility index (Phi) is 6.21. The van der Waals surface area contributed by atoms with E-state index < -0.39 is 0 Å². The molecular formula is C52H49BN2. The van der Waals surface area contributed by atoms with E-state index >= 15 is 0 Å². The number of hydrogen-bond donors (Lipinski definition) is 0. The maximum atomic E-state index is 2.70. The number of benzene rings is 6. The highest BCUT2D eigenvalue weighted by atomic mass is 15.2. The minimum Gasteiger partial charge on any atom is -0.311 e. The number of para-hydroxylation sites is 1. The fourth-order valence-corrected chi connectivity index (χ4v) is 10.7. The first-order chi connectivity index (χ1) is 26.1. The van der Waals surface area contributed by atoms with Crippen LogP contribution in [0.1, 0.15) is 103 Å². The molecule has 0 fully saturated rings. The van der Waals surface area contributed by atoms with E-state index in [1.807, 2.05) is 0 Å². The first-order valence-electron chi connectivity index (χ1n) is 20.2. The van der Waals surface area contributed by atoms with E-state index in [1.54, 1.807) is 0 Å². The third kappa shape index (κ3) is 4.17. The number of rotatable bonds is 0. The second-order valence-electron chi connectivity index (χ2n) is 19.9. The number of anilines is 3. The zero-order valence-electron chi connectivity index (χ0n) is 33.9. The summed E-state index contributed by atoms with van der Waals surface area (Å²) in [6.07, 6.45) is 0. The summed E-state index contributed by atoms with van der Waals surface area (Å²) in [6, 6.07) is 45.6. The van der Waals surface area contributed by atoms with Crippen LogP contribution in [0.25, 0.3) is 39.0 Å². The molecule has 0 atom stereocenters. The van der Waals surface area contributed by atoms with Gasteiger partial charge in [0.1, 0.15) is 0 Å². The van der Waals surface area contributed by atoms with Crippen LogP contribution < -0.4 is 21.3 Å². The monoisotopic (exact) mass is 712 g/mol. The van der Waals surface area contributed by atoms with Crippen LogP contribution in [0.5, 0.6) is 0 Å². The molecule has 0 unspecified atom stereocenters. The van der Waals surface area contributed by atoms with Crippen LogP contribution in [0.4, 0.5) is 17.1 Å². The summed E-state index contributed by atoms with van der Waals surface area (Å²) in [5, 5.41) is 1.38. The van der Waals surface area contributed by atoms with Crippen LogP contribution in [-0.2, 0) is 21.7 Å². The van der Waals surface area contributed by atoms with E-state index in [9.17, 15) is 0 Å². The summed E-state index contributed by atoms with van der Waals surface area (Å²) in [7, 11) is 0. The van der Waals surface area contributed by atoms with Gasteiger partial charge in [0.25, 0.3) is 6.71 Å². The van der Waals surface area contributed by atoms with Crippen molar-refractivity contribution in [3.63, 3.8) is 0 Å². The van der Waals surface area contributed by atoms with Gasteiger partial charge in [-0.1, -0.05) is 154 Å². The summed E-state index contributed by atoms with van der Waals surface area (Å²) in [5.41, 5.74) is 23.9. The molecule has 4 aliphatic heterocycles. The molecule has 55 heavy (non-hydrogen) atoms. The lowest BCUT2D eigenvalue weighted by atomic mass is 9.33. The van der Waals surface area contributed by atoms with Gasteiger partial charge in [-0.3, -0.25) is 0 Å². The van der Waals surface area contributed by atoms with E-state index in [1.165, 1.54) is 106 Å². The predicted molar refractivity (Wildman–Crippen MR) is 235 cm³/mol. The van der Waals surface area contributed by atoms with Gasteiger partial charge in [-0.25, -0.2) is 0 Å². The molecule has 1 aromatic heterocycles. The zero-order chi connectivity index (χ0) is 38.1. The molecule has 1 aliphatic carbocycles. The molecule has 12 rings (SSSR count). The highest BCUT2D eigenvalue weighted by Crippen LogP contribution is 2.55. The fraction of sp³-hybridized carbons (Fsp3) is 0.269. The Bertz CT molecular complexity index is 2830. The van der Waals surface area contributed by atoms with Crippen molar-refractivity contribution in [2.75, 3.05) is 4.90 Å². The summed E-state index contributed by atoms with van der Waals surface area (Å²) in [5.74, 6) is 0. The summed E-state index contributed by atoms with van der Waals surface area (Å²) < 4.78 is 2.70. The highest BCUT2D eigenvalue weighted by Gasteiger charge is 2.48. The zero-order valence-corrected chi connectivity index (χ0v) is 33.9. The molecule has 0 saturated carbocycles. The molecule has 5 heterocycles. The third-order valence-electron chi connectivity index (χ3n) is 13.9. The van der Waals surface area contributed by atoms with Gasteiger partial charge < -0.3 is 9.47 Å². The first-order valence-corrected chi connectivity index (χ1v) is 20.2. The Labute approximate surface area is 326 Å². The summed E-state index contributed by atoms with van der Waals surface area (Å²) in [6.45, 7) is 23.8. The van der Waals surface area contributed by atoms with Crippen LogP contribution in [-0.4, -0.2) is 11.3 Å². The maximum Gasteiger partial charge on any atom is 0.252 e. The van der Waals surface area contributed by atoms with Gasteiger partial charge in [0.05, 0.1) is 11.4 Å². The number of fused-ring (bicyclic) bond motifs is 11. The van der Waals surface area contributed by atoms with E-state index in [-0.39, 0.29) is 28.4 Å². The van der Waals surface area contributed by atoms with Gasteiger partial charge in [0.2, 0.25) is 0 Å². The van der Waals surface area contributed by atoms with Crippen LogP contribution in [0, 0.1) is 0 Å². The van der Waals surface area contributed by atoms with Gasteiger partial charge in [0.15, 0.2) is 0 Å². The fourth-order valence-electron chi connectivity index (χ4n) is 10.7. The van der Waals surface area contributed by atoms with Gasteiger partial charge in [0, 0.05) is 49.9 Å². The summed E-state index contributed by atoms with van der Waals surface area (Å²) >= 11 is 0. The average Bonchev–Trinajstić information content (AvgIpc) is 3.62. The minimum atomic E-state index is -0.241. The number of nitrogens with zero attached hydrogens (tertiary/aromatic N) is 2. The van der Waals surface area contributed by atoms with Crippen molar-refractivity contribution in [3.05, 3.63) is 149 Å². The van der Waals surface area contributed by atoms with Crippen LogP contribution in [0.2, 0.25) is 0 Å². The van der Waals surface area contributed by atoms with E-state index in [0.717, 1.165) is 0 Å². The molecule has 0 saturated heterocycles. The quantitative estimate of drug-likeness (QED) is 0.142. The standard InChI is InChI=1S/C52H49BN2/c1-49(2,3)32-23-25-41-37(26-32)30-18-20-31(21-19-30)51(7,8)34-28-43-46-44(29-34)55-47-36(45-48(55)35-14-11-12-16-38(35)52(45,9)10)15-13-17-40(47)53(46)39-24-22-33(50(4,5)6)27-42(39)54(41)43/h11-29H,1-10H3. The Hall–Kier alpha value is -5.28. The Morgan fingerprint density at radius 3 is 1.96 bits per heavy atom. The normalized spacial score (nSPS) is 16.4. The van der Waals surface area contributed by atoms with Crippen LogP contribution in [0.15, 0.2) is 115 Å². The maximum absolute atomic E-state index is 2.70. The van der Waals surface area contributed by atoms with Crippen molar-refractivity contribution >= 4 is 51.1 Å². The Balaban J connectivity index is 1.35. The van der Waals surface area contributed by atoms with Crippen molar-refractivity contribution in [2.24, 2.45) is 0 Å². The molecule has 0 N–H and O–H groups in total. The molecule has 7 aromatic rings. The first kappa shape index (κ1) is 33.1. The number of aromatic nitrogens is 1. The summed E-state index contributed by atoms with van der Waals surface area (Å²) in [4.78, 5) is 2.66. The van der Waals surface area contributed by atoms with Crippen molar-refractivity contribution in [1.29, 1.82) is 0 Å². The van der Waals surface area contributed by atoms with Crippen molar-refractivity contribution < 1.29 is 0 Å². The molecule has 270 valence electrons. The van der Waals surface area contributed by atoms with Crippen LogP contribution in [0.3, 0.4) is 0 Å². The van der Waals surface area contributed by atoms with E-state index in [4.69, 9.17) is 0 Å². The SMILES string of the molecule is CC(C)(C)c1ccc2c(c1)-c1ccc(cc1)C(C)(C)c1cc3c4c(c1)-n1c5c(c6cccc(c61)B4c1ccc(C(C)(C)C)cc1N23)C(C)(C)c1ccccc1-5. The van der Waals surface area contributed by atoms with E-state index in [2.05, 4.69) is 194 Å². The Morgan fingerprint density at radius 1 is 0.527 bits per heavy atom. The smallest absolute Gasteiger partial charge is 0.252 e. The van der Waals surface area contributed by atoms with Crippen molar-refractivity contribution in [2.45, 2.75) is 90.9 Å². The van der Waals surface area contributed by atoms with Gasteiger partial charge in [-0.15, -0.1) is 0 Å². The molecule has 2 nitrogen and oxygen atoms in total. The molecule has 0 spiro atoms. The van der Waals surface area contributed by atoms with Crippen molar-refractivity contribution in [1.82, 2.24) is 4.57 Å². The molecule has 6 aromatic carbocycles. The lowest BCUT2D eigenvalue weighted by Crippen LogP contribution is -2.60.